The molecule has 0 saturated carbocycles. The monoisotopic (exact) mass is 464 g/mol. The van der Waals surface area contributed by atoms with E-state index >= 15 is 0 Å². The molecular formula is C26H32N4O2S. The van der Waals surface area contributed by atoms with Crippen LogP contribution in [0.5, 0.6) is 0 Å². The van der Waals surface area contributed by atoms with Crippen LogP contribution in [-0.4, -0.2) is 52.7 Å². The number of pyridine rings is 1. The van der Waals surface area contributed by atoms with Crippen molar-refractivity contribution in [2.24, 2.45) is 0 Å². The SMILES string of the molecule is O=C1CCCc2ncc(C=CC(=O)N3CCC(=Cc4nccs4)CC3)cc2CCCNCC1. The lowest BCUT2D eigenvalue weighted by atomic mass is 10.00. The van der Waals surface area contributed by atoms with E-state index in [2.05, 4.69) is 27.4 Å². The normalized spacial score (nSPS) is 18.5. The molecule has 0 spiro atoms. The summed E-state index contributed by atoms with van der Waals surface area (Å²) in [5.41, 5.74) is 4.63. The molecule has 0 aromatic carbocycles. The summed E-state index contributed by atoms with van der Waals surface area (Å²) in [6.45, 7) is 3.16. The molecule has 6 nitrogen and oxygen atoms in total. The van der Waals surface area contributed by atoms with Crippen molar-refractivity contribution in [1.82, 2.24) is 20.2 Å². The average molecular weight is 465 g/mol. The maximum Gasteiger partial charge on any atom is 0.246 e. The van der Waals surface area contributed by atoms with Crippen molar-refractivity contribution in [2.75, 3.05) is 26.2 Å². The Morgan fingerprint density at radius 3 is 2.73 bits per heavy atom. The summed E-state index contributed by atoms with van der Waals surface area (Å²) in [7, 11) is 0. The van der Waals surface area contributed by atoms with Gasteiger partial charge in [0.2, 0.25) is 5.91 Å². The van der Waals surface area contributed by atoms with Gasteiger partial charge in [0.15, 0.2) is 0 Å². The number of fused-ring (bicyclic) bond motifs is 1. The molecule has 0 unspecified atom stereocenters. The van der Waals surface area contributed by atoms with Crippen molar-refractivity contribution < 1.29 is 9.59 Å². The molecule has 1 saturated heterocycles. The van der Waals surface area contributed by atoms with Crippen molar-refractivity contribution in [3.05, 3.63) is 57.3 Å². The summed E-state index contributed by atoms with van der Waals surface area (Å²) in [4.78, 5) is 35.6. The summed E-state index contributed by atoms with van der Waals surface area (Å²) in [6, 6.07) is 2.16. The maximum atomic E-state index is 12.7. The number of thiazole rings is 1. The van der Waals surface area contributed by atoms with Gasteiger partial charge in [-0.1, -0.05) is 5.57 Å². The topological polar surface area (TPSA) is 75.2 Å². The number of piperidine rings is 1. The van der Waals surface area contributed by atoms with Crippen LogP contribution in [0.15, 0.2) is 35.5 Å². The number of rotatable bonds is 3. The van der Waals surface area contributed by atoms with Crippen LogP contribution in [0.25, 0.3) is 12.2 Å². The lowest BCUT2D eigenvalue weighted by Gasteiger charge is -2.27. The highest BCUT2D eigenvalue weighted by Crippen LogP contribution is 2.21. The van der Waals surface area contributed by atoms with Crippen molar-refractivity contribution in [3.63, 3.8) is 0 Å². The Morgan fingerprint density at radius 1 is 1.03 bits per heavy atom. The summed E-state index contributed by atoms with van der Waals surface area (Å²) >= 11 is 1.64. The van der Waals surface area contributed by atoms with E-state index in [0.29, 0.717) is 18.6 Å². The van der Waals surface area contributed by atoms with Gasteiger partial charge in [0.1, 0.15) is 10.8 Å². The molecule has 4 rings (SSSR count). The standard InChI is InChI=1S/C26H32N4O2S/c31-23-4-1-5-24-22(3-2-11-27-12-8-23)17-21(19-29-24)6-7-26(32)30-14-9-20(10-15-30)18-25-28-13-16-33-25/h6-7,13,16-19,27H,1-5,8-12,14-15H2. The molecular weight excluding hydrogens is 432 g/mol. The first-order chi connectivity index (χ1) is 16.2. The third kappa shape index (κ3) is 7.17. The maximum absolute atomic E-state index is 12.7. The molecule has 2 aliphatic heterocycles. The van der Waals surface area contributed by atoms with E-state index in [1.165, 1.54) is 11.1 Å². The first-order valence-electron chi connectivity index (χ1n) is 11.9. The van der Waals surface area contributed by atoms with Crippen LogP contribution in [0.3, 0.4) is 0 Å². The highest BCUT2D eigenvalue weighted by atomic mass is 32.1. The second-order valence-corrected chi connectivity index (χ2v) is 9.63. The van der Waals surface area contributed by atoms with Crippen LogP contribution in [-0.2, 0) is 22.4 Å². The van der Waals surface area contributed by atoms with Crippen LogP contribution in [0.4, 0.5) is 0 Å². The van der Waals surface area contributed by atoms with Gasteiger partial charge in [-0.2, -0.15) is 0 Å². The first-order valence-corrected chi connectivity index (χ1v) is 12.8. The molecule has 4 heterocycles. The van der Waals surface area contributed by atoms with E-state index in [4.69, 9.17) is 0 Å². The molecule has 7 heteroatoms. The fourth-order valence-electron chi connectivity index (χ4n) is 4.34. The number of aryl methyl sites for hydroxylation is 2. The predicted octanol–water partition coefficient (Wildman–Crippen LogP) is 4.08. The quantitative estimate of drug-likeness (QED) is 0.693. The van der Waals surface area contributed by atoms with E-state index < -0.39 is 0 Å². The lowest BCUT2D eigenvalue weighted by Crippen LogP contribution is -2.35. The molecule has 0 atom stereocenters. The second-order valence-electron chi connectivity index (χ2n) is 8.70. The number of hydrogen-bond donors (Lipinski definition) is 1. The Labute approximate surface area is 199 Å². The zero-order chi connectivity index (χ0) is 22.9. The third-order valence-electron chi connectivity index (χ3n) is 6.25. The lowest BCUT2D eigenvalue weighted by molar-refractivity contribution is -0.126. The number of ketones is 1. The number of amides is 1. The molecule has 2 aromatic rings. The highest BCUT2D eigenvalue weighted by molar-refractivity contribution is 7.10. The molecule has 1 fully saturated rings. The van der Waals surface area contributed by atoms with Gasteiger partial charge in [0.25, 0.3) is 0 Å². The fraction of sp³-hybridized carbons (Fsp3) is 0.462. The Bertz CT molecular complexity index is 1000. The van der Waals surface area contributed by atoms with Gasteiger partial charge in [-0.3, -0.25) is 14.6 Å². The fourth-order valence-corrected chi connectivity index (χ4v) is 4.95. The van der Waals surface area contributed by atoms with Crippen LogP contribution < -0.4 is 5.32 Å². The van der Waals surface area contributed by atoms with E-state index in [1.807, 2.05) is 28.7 Å². The summed E-state index contributed by atoms with van der Waals surface area (Å²) in [5.74, 6) is 0.380. The van der Waals surface area contributed by atoms with Gasteiger partial charge in [-0.15, -0.1) is 11.3 Å². The van der Waals surface area contributed by atoms with Crippen LogP contribution >= 0.6 is 11.3 Å². The van der Waals surface area contributed by atoms with Crippen LogP contribution in [0.2, 0.25) is 0 Å². The zero-order valence-corrected chi connectivity index (χ0v) is 19.9. The minimum Gasteiger partial charge on any atom is -0.339 e. The van der Waals surface area contributed by atoms with Gasteiger partial charge in [-0.05, 0) is 74.4 Å². The summed E-state index contributed by atoms with van der Waals surface area (Å²) in [5, 5.41) is 6.38. The van der Waals surface area contributed by atoms with Gasteiger partial charge in [0, 0.05) is 62.0 Å². The van der Waals surface area contributed by atoms with Crippen molar-refractivity contribution >= 4 is 35.2 Å². The Hall–Kier alpha value is -2.64. The smallest absolute Gasteiger partial charge is 0.246 e. The van der Waals surface area contributed by atoms with Crippen LogP contribution in [0, 0.1) is 0 Å². The first kappa shape index (κ1) is 23.5. The summed E-state index contributed by atoms with van der Waals surface area (Å²) in [6.07, 6.45) is 16.1. The summed E-state index contributed by atoms with van der Waals surface area (Å²) < 4.78 is 0. The van der Waals surface area contributed by atoms with Gasteiger partial charge >= 0.3 is 0 Å². The molecule has 1 N–H and O–H groups in total. The van der Waals surface area contributed by atoms with Crippen molar-refractivity contribution in [2.45, 2.75) is 51.4 Å². The number of aromatic nitrogens is 2. The Kier molecular flexibility index (Phi) is 8.55. The minimum atomic E-state index is 0.0544. The van der Waals surface area contributed by atoms with E-state index in [9.17, 15) is 9.59 Å². The third-order valence-corrected chi connectivity index (χ3v) is 6.97. The number of carbonyl (C=O) groups excluding carboxylic acids is 2. The zero-order valence-electron chi connectivity index (χ0n) is 19.1. The van der Waals surface area contributed by atoms with Gasteiger partial charge < -0.3 is 10.2 Å². The average Bonchev–Trinajstić information content (AvgIpc) is 3.33. The van der Waals surface area contributed by atoms with Crippen LogP contribution in [0.1, 0.15) is 60.4 Å². The van der Waals surface area contributed by atoms with E-state index in [1.54, 1.807) is 17.4 Å². The molecule has 2 aromatic heterocycles. The number of nitrogens with zero attached hydrogens (tertiary/aromatic N) is 3. The van der Waals surface area contributed by atoms with Crippen molar-refractivity contribution in [3.8, 4) is 0 Å². The number of Topliss-reactive ketones (excluding diaryl/α,β-unsaturated/α-hetero) is 1. The Morgan fingerprint density at radius 2 is 1.91 bits per heavy atom. The van der Waals surface area contributed by atoms with Gasteiger partial charge in [0.05, 0.1) is 0 Å². The number of carbonyl (C=O) groups is 2. The largest absolute Gasteiger partial charge is 0.339 e. The highest BCUT2D eigenvalue weighted by Gasteiger charge is 2.17. The molecule has 0 aliphatic carbocycles. The van der Waals surface area contributed by atoms with E-state index in [0.717, 1.165) is 81.0 Å². The molecule has 0 radical (unpaired) electrons. The molecule has 0 bridgehead atoms. The van der Waals surface area contributed by atoms with Crippen molar-refractivity contribution in [1.29, 1.82) is 0 Å². The number of nitrogens with one attached hydrogen (secondary N) is 1. The van der Waals surface area contributed by atoms with Gasteiger partial charge in [-0.25, -0.2) is 4.98 Å². The molecule has 2 aliphatic rings. The van der Waals surface area contributed by atoms with E-state index in [-0.39, 0.29) is 5.91 Å². The number of likely N-dealkylation sites (tertiary alicyclic amines) is 1. The number of hydrogen-bond acceptors (Lipinski definition) is 6. The minimum absolute atomic E-state index is 0.0544. The molecule has 1 amide bonds. The predicted molar refractivity (Wildman–Crippen MR) is 133 cm³/mol. The molecule has 33 heavy (non-hydrogen) atoms. The molecule has 174 valence electrons. The second kappa shape index (κ2) is 12.0. The Balaban J connectivity index is 1.35.